The summed E-state index contributed by atoms with van der Waals surface area (Å²) in [5.41, 5.74) is 0.624. The van der Waals surface area contributed by atoms with Gasteiger partial charge in [0.25, 0.3) is 0 Å². The van der Waals surface area contributed by atoms with Gasteiger partial charge in [0.1, 0.15) is 6.61 Å². The molecule has 0 aromatic heterocycles. The Labute approximate surface area is 142 Å². The minimum atomic E-state index is -2.90. The molecule has 2 aliphatic rings. The third kappa shape index (κ3) is 4.48. The normalized spacial score (nSPS) is 31.2. The van der Waals surface area contributed by atoms with E-state index in [2.05, 4.69) is 10.6 Å². The van der Waals surface area contributed by atoms with E-state index in [1.807, 2.05) is 37.3 Å². The summed E-state index contributed by atoms with van der Waals surface area (Å²) in [6.07, 6.45) is 1.85. The van der Waals surface area contributed by atoms with E-state index in [4.69, 9.17) is 4.74 Å². The lowest BCUT2D eigenvalue weighted by atomic mass is 9.84. The van der Waals surface area contributed by atoms with Crippen LogP contribution in [0.2, 0.25) is 0 Å². The van der Waals surface area contributed by atoms with Crippen molar-refractivity contribution in [1.29, 1.82) is 0 Å². The Kier molecular flexibility index (Phi) is 4.83. The number of sulfone groups is 1. The molecule has 7 heteroatoms. The molecule has 0 spiro atoms. The average Bonchev–Trinajstić information content (AvgIpc) is 2.78. The first-order valence-electron chi connectivity index (χ1n) is 8.29. The second-order valence-electron chi connectivity index (χ2n) is 7.12. The zero-order chi connectivity index (χ0) is 17.2. The van der Waals surface area contributed by atoms with Crippen LogP contribution in [0.1, 0.15) is 31.7 Å². The van der Waals surface area contributed by atoms with Gasteiger partial charge in [-0.05, 0) is 31.7 Å². The minimum Gasteiger partial charge on any atom is -0.445 e. The number of carbonyl (C=O) groups excluding carboxylic acids is 1. The molecule has 1 aliphatic carbocycles. The van der Waals surface area contributed by atoms with Crippen molar-refractivity contribution in [2.45, 2.75) is 50.4 Å². The average molecular weight is 352 g/mol. The zero-order valence-electron chi connectivity index (χ0n) is 13.8. The molecule has 1 aromatic carbocycles. The van der Waals surface area contributed by atoms with Crippen LogP contribution in [0.15, 0.2) is 30.3 Å². The SMILES string of the molecule is CC1(NC2CC(NC(=O)OCc3ccccc3)C2)CCS(=O)(=O)C1. The maximum atomic E-state index is 11.8. The zero-order valence-corrected chi connectivity index (χ0v) is 14.6. The van der Waals surface area contributed by atoms with Crippen LogP contribution in [0.5, 0.6) is 0 Å². The number of carbonyl (C=O) groups is 1. The largest absolute Gasteiger partial charge is 0.445 e. The highest BCUT2D eigenvalue weighted by molar-refractivity contribution is 7.91. The highest BCUT2D eigenvalue weighted by Gasteiger charge is 2.42. The molecule has 1 unspecified atom stereocenters. The third-order valence-electron chi connectivity index (χ3n) is 4.73. The van der Waals surface area contributed by atoms with Gasteiger partial charge in [0.2, 0.25) is 0 Å². The smallest absolute Gasteiger partial charge is 0.407 e. The van der Waals surface area contributed by atoms with Crippen molar-refractivity contribution in [2.24, 2.45) is 0 Å². The molecular weight excluding hydrogens is 328 g/mol. The minimum absolute atomic E-state index is 0.0902. The fraction of sp³-hybridized carbons (Fsp3) is 0.588. The second kappa shape index (κ2) is 6.72. The number of amides is 1. The van der Waals surface area contributed by atoms with E-state index in [0.717, 1.165) is 18.4 Å². The predicted molar refractivity (Wildman–Crippen MR) is 91.4 cm³/mol. The number of rotatable bonds is 5. The van der Waals surface area contributed by atoms with Gasteiger partial charge >= 0.3 is 6.09 Å². The standard InChI is InChI=1S/C17H24N2O4S/c1-17(7-8-24(21,22)12-17)19-15-9-14(10-15)18-16(20)23-11-13-5-3-2-4-6-13/h2-6,14-15,19H,7-12H2,1H3,(H,18,20). The molecule has 0 radical (unpaired) electrons. The van der Waals surface area contributed by atoms with Crippen molar-refractivity contribution in [3.05, 3.63) is 35.9 Å². The maximum Gasteiger partial charge on any atom is 0.407 e. The summed E-state index contributed by atoms with van der Waals surface area (Å²) in [5.74, 6) is 0.463. The van der Waals surface area contributed by atoms with E-state index in [1.165, 1.54) is 0 Å². The van der Waals surface area contributed by atoms with Crippen molar-refractivity contribution >= 4 is 15.9 Å². The van der Waals surface area contributed by atoms with E-state index in [0.29, 0.717) is 6.42 Å². The van der Waals surface area contributed by atoms with Gasteiger partial charge < -0.3 is 15.4 Å². The van der Waals surface area contributed by atoms with Crippen LogP contribution in [-0.2, 0) is 21.2 Å². The highest BCUT2D eigenvalue weighted by atomic mass is 32.2. The summed E-state index contributed by atoms with van der Waals surface area (Å²) in [7, 11) is -2.90. The van der Waals surface area contributed by atoms with Crippen molar-refractivity contribution < 1.29 is 17.9 Å². The molecule has 132 valence electrons. The van der Waals surface area contributed by atoms with Crippen LogP contribution in [0.4, 0.5) is 4.79 Å². The number of nitrogens with one attached hydrogen (secondary N) is 2. The Morgan fingerprint density at radius 3 is 2.58 bits per heavy atom. The summed E-state index contributed by atoms with van der Waals surface area (Å²) >= 11 is 0. The molecule has 1 aliphatic heterocycles. The maximum absolute atomic E-state index is 11.8. The summed E-state index contributed by atoms with van der Waals surface area (Å²) in [6, 6.07) is 9.89. The third-order valence-corrected chi connectivity index (χ3v) is 6.63. The summed E-state index contributed by atoms with van der Waals surface area (Å²) in [5, 5.41) is 6.29. The number of benzene rings is 1. The van der Waals surface area contributed by atoms with Crippen LogP contribution in [0, 0.1) is 0 Å². The number of hydrogen-bond donors (Lipinski definition) is 2. The van der Waals surface area contributed by atoms with Gasteiger partial charge in [-0.15, -0.1) is 0 Å². The number of alkyl carbamates (subject to hydrolysis) is 1. The number of ether oxygens (including phenoxy) is 1. The van der Waals surface area contributed by atoms with Gasteiger partial charge in [0.05, 0.1) is 11.5 Å². The fourth-order valence-corrected chi connectivity index (χ4v) is 5.51. The van der Waals surface area contributed by atoms with Crippen molar-refractivity contribution in [3.63, 3.8) is 0 Å². The van der Waals surface area contributed by atoms with Gasteiger partial charge in [-0.25, -0.2) is 13.2 Å². The van der Waals surface area contributed by atoms with Crippen molar-refractivity contribution in [2.75, 3.05) is 11.5 Å². The Bertz CT molecular complexity index is 686. The molecule has 1 heterocycles. The molecule has 1 saturated carbocycles. The topological polar surface area (TPSA) is 84.5 Å². The van der Waals surface area contributed by atoms with Gasteiger partial charge in [0, 0.05) is 17.6 Å². The van der Waals surface area contributed by atoms with Gasteiger partial charge in [-0.1, -0.05) is 30.3 Å². The highest BCUT2D eigenvalue weighted by Crippen LogP contribution is 2.28. The molecule has 0 bridgehead atoms. The van der Waals surface area contributed by atoms with Crippen LogP contribution in [-0.4, -0.2) is 43.6 Å². The van der Waals surface area contributed by atoms with E-state index < -0.39 is 15.9 Å². The Morgan fingerprint density at radius 1 is 1.25 bits per heavy atom. The summed E-state index contributed by atoms with van der Waals surface area (Å²) in [6.45, 7) is 2.23. The molecule has 24 heavy (non-hydrogen) atoms. The predicted octanol–water partition coefficient (Wildman–Crippen LogP) is 1.61. The van der Waals surface area contributed by atoms with Crippen molar-refractivity contribution in [1.82, 2.24) is 10.6 Å². The first-order chi connectivity index (χ1) is 11.3. The van der Waals surface area contributed by atoms with Gasteiger partial charge in [0.15, 0.2) is 9.84 Å². The molecule has 1 aromatic rings. The van der Waals surface area contributed by atoms with Gasteiger partial charge in [-0.3, -0.25) is 0 Å². The molecule has 3 rings (SSSR count). The van der Waals surface area contributed by atoms with Crippen molar-refractivity contribution in [3.8, 4) is 0 Å². The molecule has 2 N–H and O–H groups in total. The Hall–Kier alpha value is -1.60. The summed E-state index contributed by atoms with van der Waals surface area (Å²) in [4.78, 5) is 11.8. The Balaban J connectivity index is 1.36. The second-order valence-corrected chi connectivity index (χ2v) is 9.30. The molecule has 1 saturated heterocycles. The first kappa shape index (κ1) is 17.2. The molecule has 1 amide bonds. The Morgan fingerprint density at radius 2 is 1.96 bits per heavy atom. The summed E-state index contributed by atoms with van der Waals surface area (Å²) < 4.78 is 28.4. The van der Waals surface area contributed by atoms with Crippen LogP contribution >= 0.6 is 0 Å². The van der Waals surface area contributed by atoms with E-state index >= 15 is 0 Å². The fourth-order valence-electron chi connectivity index (χ4n) is 3.40. The van der Waals surface area contributed by atoms with E-state index in [9.17, 15) is 13.2 Å². The lowest BCUT2D eigenvalue weighted by molar-refractivity contribution is 0.122. The molecule has 6 nitrogen and oxygen atoms in total. The molecule has 2 fully saturated rings. The lowest BCUT2D eigenvalue weighted by Gasteiger charge is -2.41. The number of hydrogen-bond acceptors (Lipinski definition) is 5. The van der Waals surface area contributed by atoms with E-state index in [1.54, 1.807) is 0 Å². The van der Waals surface area contributed by atoms with Crippen LogP contribution in [0.25, 0.3) is 0 Å². The quantitative estimate of drug-likeness (QED) is 0.841. The van der Waals surface area contributed by atoms with Gasteiger partial charge in [-0.2, -0.15) is 0 Å². The van der Waals surface area contributed by atoms with Crippen LogP contribution in [0.3, 0.4) is 0 Å². The molecular formula is C17H24N2O4S. The molecule has 1 atom stereocenters. The lowest BCUT2D eigenvalue weighted by Crippen LogP contribution is -2.58. The monoisotopic (exact) mass is 352 g/mol. The first-order valence-corrected chi connectivity index (χ1v) is 10.1. The van der Waals surface area contributed by atoms with Crippen LogP contribution < -0.4 is 10.6 Å². The van der Waals surface area contributed by atoms with E-state index in [-0.39, 0.29) is 35.7 Å².